The minimum atomic E-state index is -0.934. The Morgan fingerprint density at radius 2 is 2.07 bits per heavy atom. The highest BCUT2D eigenvalue weighted by molar-refractivity contribution is 7.14. The maximum atomic E-state index is 12.5. The van der Waals surface area contributed by atoms with E-state index in [0.29, 0.717) is 10.6 Å². The number of anilines is 1. The van der Waals surface area contributed by atoms with Gasteiger partial charge in [0, 0.05) is 30.4 Å². The van der Waals surface area contributed by atoms with Crippen molar-refractivity contribution in [2.45, 2.75) is 19.4 Å². The van der Waals surface area contributed by atoms with E-state index in [9.17, 15) is 14.4 Å². The maximum Gasteiger partial charge on any atom is 0.329 e. The van der Waals surface area contributed by atoms with Gasteiger partial charge in [-0.25, -0.2) is 4.79 Å². The number of rotatable bonds is 7. The first-order valence-electron chi connectivity index (χ1n) is 8.74. The zero-order valence-electron chi connectivity index (χ0n) is 15.5. The molecule has 3 N–H and O–H groups in total. The number of thiophene rings is 1. The molecule has 0 radical (unpaired) electrons. The van der Waals surface area contributed by atoms with Crippen molar-refractivity contribution >= 4 is 45.0 Å². The van der Waals surface area contributed by atoms with E-state index < -0.39 is 24.5 Å². The Morgan fingerprint density at radius 1 is 1.28 bits per heavy atom. The summed E-state index contributed by atoms with van der Waals surface area (Å²) < 4.78 is 5.10. The molecule has 0 fully saturated rings. The van der Waals surface area contributed by atoms with Gasteiger partial charge < -0.3 is 20.4 Å². The third kappa shape index (κ3) is 5.00. The Labute approximate surface area is 170 Å². The van der Waals surface area contributed by atoms with Gasteiger partial charge in [0.2, 0.25) is 5.91 Å². The second-order valence-corrected chi connectivity index (χ2v) is 7.16. The fourth-order valence-corrected chi connectivity index (χ4v) is 3.61. The summed E-state index contributed by atoms with van der Waals surface area (Å²) in [6, 6.07) is 10.2. The molecule has 148 valence electrons. The monoisotopic (exact) mass is 410 g/mol. The van der Waals surface area contributed by atoms with Gasteiger partial charge in [-0.3, -0.25) is 9.59 Å². The molecular formula is C20H18N4O4S. The molecule has 2 amide bonds. The van der Waals surface area contributed by atoms with Crippen molar-refractivity contribution in [3.8, 4) is 6.07 Å². The first-order chi connectivity index (χ1) is 14.0. The molecular weight excluding hydrogens is 392 g/mol. The summed E-state index contributed by atoms with van der Waals surface area (Å²) in [6.45, 7) is 0.786. The number of fused-ring (bicyclic) bond motifs is 1. The number of hydrogen-bond donors (Lipinski definition) is 3. The van der Waals surface area contributed by atoms with Crippen LogP contribution in [0.4, 0.5) is 5.00 Å². The number of carbonyl (C=O) groups excluding carboxylic acids is 3. The maximum absolute atomic E-state index is 12.5. The molecule has 9 heteroatoms. The highest BCUT2D eigenvalue weighted by atomic mass is 32.1. The zero-order chi connectivity index (χ0) is 20.8. The van der Waals surface area contributed by atoms with Gasteiger partial charge in [-0.1, -0.05) is 18.2 Å². The van der Waals surface area contributed by atoms with Crippen LogP contribution in [-0.4, -0.2) is 35.4 Å². The van der Waals surface area contributed by atoms with Gasteiger partial charge in [0.15, 0.2) is 6.61 Å². The molecule has 3 aromatic rings. The van der Waals surface area contributed by atoms with E-state index in [4.69, 9.17) is 10.00 Å². The number of para-hydroxylation sites is 1. The lowest BCUT2D eigenvalue weighted by Gasteiger charge is -2.16. The van der Waals surface area contributed by atoms with E-state index >= 15 is 0 Å². The van der Waals surface area contributed by atoms with Crippen LogP contribution >= 0.6 is 11.3 Å². The van der Waals surface area contributed by atoms with Gasteiger partial charge >= 0.3 is 5.97 Å². The summed E-state index contributed by atoms with van der Waals surface area (Å²) in [5, 5.41) is 17.1. The molecule has 8 nitrogen and oxygen atoms in total. The zero-order valence-corrected chi connectivity index (χ0v) is 16.3. The molecule has 1 aromatic carbocycles. The predicted octanol–water partition coefficient (Wildman–Crippen LogP) is 2.33. The molecule has 0 bridgehead atoms. The third-order valence-electron chi connectivity index (χ3n) is 4.15. The van der Waals surface area contributed by atoms with E-state index in [1.807, 2.05) is 30.3 Å². The lowest BCUT2D eigenvalue weighted by molar-refractivity contribution is -0.150. The molecule has 0 aliphatic rings. The predicted molar refractivity (Wildman–Crippen MR) is 108 cm³/mol. The quantitative estimate of drug-likeness (QED) is 0.516. The van der Waals surface area contributed by atoms with Gasteiger partial charge in [-0.2, -0.15) is 5.26 Å². The molecule has 29 heavy (non-hydrogen) atoms. The standard InChI is InChI=1S/C20H18N4O4S/c1-12(25)23-17(8-14-10-22-16-5-3-2-4-15(14)16)20(27)28-11-18(26)24-19-13(9-21)6-7-29-19/h2-7,10,17,22H,8,11H2,1H3,(H,23,25)(H,24,26)/t17-/m0/s1. The number of nitrogens with zero attached hydrogens (tertiary/aromatic N) is 1. The topological polar surface area (TPSA) is 124 Å². The fraction of sp³-hybridized carbons (Fsp3) is 0.200. The minimum Gasteiger partial charge on any atom is -0.454 e. The van der Waals surface area contributed by atoms with Crippen molar-refractivity contribution in [1.82, 2.24) is 10.3 Å². The number of benzene rings is 1. The molecule has 0 spiro atoms. The van der Waals surface area contributed by atoms with E-state index in [1.54, 1.807) is 17.6 Å². The highest BCUT2D eigenvalue weighted by Crippen LogP contribution is 2.22. The summed E-state index contributed by atoms with van der Waals surface area (Å²) in [5.74, 6) is -1.66. The van der Waals surface area contributed by atoms with Gasteiger partial charge in [-0.05, 0) is 23.1 Å². The van der Waals surface area contributed by atoms with Crippen molar-refractivity contribution in [2.24, 2.45) is 0 Å². The molecule has 0 unspecified atom stereocenters. The SMILES string of the molecule is CC(=O)N[C@@H](Cc1c[nH]c2ccccc12)C(=O)OCC(=O)Nc1sccc1C#N. The van der Waals surface area contributed by atoms with Crippen LogP contribution in [0.15, 0.2) is 41.9 Å². The molecule has 0 aliphatic heterocycles. The van der Waals surface area contributed by atoms with Gasteiger partial charge in [0.05, 0.1) is 5.56 Å². The van der Waals surface area contributed by atoms with Crippen LogP contribution in [0.1, 0.15) is 18.1 Å². The van der Waals surface area contributed by atoms with Gasteiger partial charge in [-0.15, -0.1) is 11.3 Å². The number of H-pyrrole nitrogens is 1. The summed E-state index contributed by atoms with van der Waals surface area (Å²) in [5.41, 5.74) is 2.10. The van der Waals surface area contributed by atoms with Crippen molar-refractivity contribution in [1.29, 1.82) is 5.26 Å². The van der Waals surface area contributed by atoms with Crippen molar-refractivity contribution in [2.75, 3.05) is 11.9 Å². The normalized spacial score (nSPS) is 11.4. The molecule has 0 saturated heterocycles. The van der Waals surface area contributed by atoms with E-state index in [2.05, 4.69) is 15.6 Å². The Morgan fingerprint density at radius 3 is 2.83 bits per heavy atom. The molecule has 0 aliphatic carbocycles. The summed E-state index contributed by atoms with van der Waals surface area (Å²) in [4.78, 5) is 39.2. The number of amides is 2. The Kier molecular flexibility index (Phi) is 6.26. The minimum absolute atomic E-state index is 0.216. The number of hydrogen-bond acceptors (Lipinski definition) is 6. The average molecular weight is 410 g/mol. The number of nitrogens with one attached hydrogen (secondary N) is 3. The Bertz CT molecular complexity index is 1100. The summed E-state index contributed by atoms with van der Waals surface area (Å²) >= 11 is 1.20. The summed E-state index contributed by atoms with van der Waals surface area (Å²) in [6.07, 6.45) is 1.99. The molecule has 3 rings (SSSR count). The van der Waals surface area contributed by atoms with Crippen LogP contribution in [-0.2, 0) is 25.5 Å². The van der Waals surface area contributed by atoms with E-state index in [0.717, 1.165) is 16.5 Å². The first-order valence-corrected chi connectivity index (χ1v) is 9.62. The number of aromatic nitrogens is 1. The molecule has 0 saturated carbocycles. The molecule has 1 atom stereocenters. The smallest absolute Gasteiger partial charge is 0.329 e. The Balaban J connectivity index is 1.64. The van der Waals surface area contributed by atoms with Crippen LogP contribution in [0.25, 0.3) is 10.9 Å². The number of nitriles is 1. The second kappa shape index (κ2) is 9.03. The summed E-state index contributed by atoms with van der Waals surface area (Å²) in [7, 11) is 0. The largest absolute Gasteiger partial charge is 0.454 e. The van der Waals surface area contributed by atoms with Gasteiger partial charge in [0.25, 0.3) is 5.91 Å². The number of aromatic amines is 1. The Hall–Kier alpha value is -3.64. The number of ether oxygens (including phenoxy) is 1. The van der Waals surface area contributed by atoms with Crippen molar-refractivity contribution in [3.63, 3.8) is 0 Å². The van der Waals surface area contributed by atoms with Gasteiger partial charge in [0.1, 0.15) is 17.1 Å². The number of esters is 1. The second-order valence-electron chi connectivity index (χ2n) is 6.25. The molecule has 2 heterocycles. The van der Waals surface area contributed by atoms with E-state index in [1.165, 1.54) is 18.3 Å². The van der Waals surface area contributed by atoms with Crippen LogP contribution in [0, 0.1) is 11.3 Å². The van der Waals surface area contributed by atoms with Crippen molar-refractivity contribution in [3.05, 3.63) is 53.0 Å². The van der Waals surface area contributed by atoms with Crippen molar-refractivity contribution < 1.29 is 19.1 Å². The van der Waals surface area contributed by atoms with Crippen LogP contribution in [0.2, 0.25) is 0 Å². The molecule has 2 aromatic heterocycles. The highest BCUT2D eigenvalue weighted by Gasteiger charge is 2.24. The number of carbonyl (C=O) groups is 3. The third-order valence-corrected chi connectivity index (χ3v) is 4.97. The first kappa shape index (κ1) is 20.1. The van der Waals surface area contributed by atoms with E-state index in [-0.39, 0.29) is 12.3 Å². The lowest BCUT2D eigenvalue weighted by Crippen LogP contribution is -2.43. The van der Waals surface area contributed by atoms with Crippen LogP contribution in [0.3, 0.4) is 0 Å². The van der Waals surface area contributed by atoms with Crippen LogP contribution in [0.5, 0.6) is 0 Å². The fourth-order valence-electron chi connectivity index (χ4n) is 2.85. The average Bonchev–Trinajstić information content (AvgIpc) is 3.32. The van der Waals surface area contributed by atoms with Crippen LogP contribution < -0.4 is 10.6 Å². The lowest BCUT2D eigenvalue weighted by atomic mass is 10.0.